The third kappa shape index (κ3) is 4.94. The summed E-state index contributed by atoms with van der Waals surface area (Å²) in [7, 11) is 0. The van der Waals surface area contributed by atoms with Crippen LogP contribution >= 0.6 is 11.6 Å². The van der Waals surface area contributed by atoms with Crippen LogP contribution in [0.5, 0.6) is 11.5 Å². The van der Waals surface area contributed by atoms with E-state index in [1.54, 1.807) is 12.1 Å². The Labute approximate surface area is 181 Å². The SMILES string of the molecule is O=C(CN1CCC(C(=O)c2ccc3c(c2)OCCO3)CC1)NCc1ccccc1Cl. The molecular weight excluding hydrogens is 404 g/mol. The summed E-state index contributed by atoms with van der Waals surface area (Å²) in [6, 6.07) is 12.9. The number of likely N-dealkylation sites (tertiary alicyclic amines) is 1. The van der Waals surface area contributed by atoms with Gasteiger partial charge in [0, 0.05) is 23.0 Å². The Morgan fingerprint density at radius 1 is 1.03 bits per heavy atom. The topological polar surface area (TPSA) is 67.9 Å². The van der Waals surface area contributed by atoms with Gasteiger partial charge in [0.25, 0.3) is 0 Å². The summed E-state index contributed by atoms with van der Waals surface area (Å²) < 4.78 is 11.1. The zero-order chi connectivity index (χ0) is 20.9. The molecule has 0 bridgehead atoms. The molecule has 0 spiro atoms. The predicted octanol–water partition coefficient (Wildman–Crippen LogP) is 3.32. The molecule has 1 saturated heterocycles. The van der Waals surface area contributed by atoms with E-state index in [0.717, 1.165) is 31.5 Å². The first-order valence-electron chi connectivity index (χ1n) is 10.3. The van der Waals surface area contributed by atoms with Gasteiger partial charge < -0.3 is 14.8 Å². The average Bonchev–Trinajstić information content (AvgIpc) is 2.78. The van der Waals surface area contributed by atoms with E-state index in [2.05, 4.69) is 10.2 Å². The van der Waals surface area contributed by atoms with Crippen molar-refractivity contribution in [3.8, 4) is 11.5 Å². The van der Waals surface area contributed by atoms with Crippen LogP contribution in [0.2, 0.25) is 5.02 Å². The Hall–Kier alpha value is -2.57. The van der Waals surface area contributed by atoms with Crippen LogP contribution in [0.1, 0.15) is 28.8 Å². The first-order valence-corrected chi connectivity index (χ1v) is 10.6. The molecule has 0 atom stereocenters. The van der Waals surface area contributed by atoms with Crippen molar-refractivity contribution >= 4 is 23.3 Å². The van der Waals surface area contributed by atoms with Crippen molar-refractivity contribution in [2.24, 2.45) is 5.92 Å². The highest BCUT2D eigenvalue weighted by Gasteiger charge is 2.27. The minimum Gasteiger partial charge on any atom is -0.486 e. The number of ether oxygens (including phenoxy) is 2. The van der Waals surface area contributed by atoms with Gasteiger partial charge in [0.05, 0.1) is 6.54 Å². The summed E-state index contributed by atoms with van der Waals surface area (Å²) in [6.07, 6.45) is 1.48. The van der Waals surface area contributed by atoms with Crippen LogP contribution in [0, 0.1) is 5.92 Å². The molecule has 4 rings (SSSR count). The van der Waals surface area contributed by atoms with Crippen LogP contribution in [0.15, 0.2) is 42.5 Å². The third-order valence-electron chi connectivity index (χ3n) is 5.59. The van der Waals surface area contributed by atoms with Crippen LogP contribution < -0.4 is 14.8 Å². The molecule has 6 nitrogen and oxygen atoms in total. The fraction of sp³-hybridized carbons (Fsp3) is 0.391. The molecule has 2 aliphatic rings. The lowest BCUT2D eigenvalue weighted by Crippen LogP contribution is -2.42. The van der Waals surface area contributed by atoms with Crippen molar-refractivity contribution in [1.82, 2.24) is 10.2 Å². The number of nitrogens with zero attached hydrogens (tertiary/aromatic N) is 1. The number of benzene rings is 2. The average molecular weight is 429 g/mol. The van der Waals surface area contributed by atoms with Crippen molar-refractivity contribution in [2.75, 3.05) is 32.8 Å². The normalized spacial score (nSPS) is 16.8. The number of amides is 1. The van der Waals surface area contributed by atoms with Gasteiger partial charge in [-0.15, -0.1) is 0 Å². The van der Waals surface area contributed by atoms with E-state index in [0.29, 0.717) is 48.4 Å². The number of rotatable bonds is 6. The van der Waals surface area contributed by atoms with E-state index in [4.69, 9.17) is 21.1 Å². The van der Waals surface area contributed by atoms with Gasteiger partial charge >= 0.3 is 0 Å². The summed E-state index contributed by atoms with van der Waals surface area (Å²) in [4.78, 5) is 27.3. The molecule has 0 aliphatic carbocycles. The minimum absolute atomic E-state index is 0.0324. The second-order valence-electron chi connectivity index (χ2n) is 7.64. The lowest BCUT2D eigenvalue weighted by atomic mass is 9.88. The summed E-state index contributed by atoms with van der Waals surface area (Å²) in [6.45, 7) is 3.22. The van der Waals surface area contributed by atoms with Gasteiger partial charge in [-0.2, -0.15) is 0 Å². The van der Waals surface area contributed by atoms with Crippen molar-refractivity contribution in [2.45, 2.75) is 19.4 Å². The zero-order valence-corrected chi connectivity index (χ0v) is 17.5. The third-order valence-corrected chi connectivity index (χ3v) is 5.95. The molecule has 0 aromatic heterocycles. The van der Waals surface area contributed by atoms with Crippen LogP contribution in [0.4, 0.5) is 0 Å². The smallest absolute Gasteiger partial charge is 0.234 e. The highest BCUT2D eigenvalue weighted by molar-refractivity contribution is 6.31. The highest BCUT2D eigenvalue weighted by Crippen LogP contribution is 2.32. The number of carbonyl (C=O) groups excluding carboxylic acids is 2. The first kappa shape index (κ1) is 20.7. The molecule has 2 aliphatic heterocycles. The molecule has 0 radical (unpaired) electrons. The molecule has 2 aromatic rings. The summed E-state index contributed by atoms with van der Waals surface area (Å²) in [5, 5.41) is 3.57. The summed E-state index contributed by atoms with van der Waals surface area (Å²) in [5.74, 6) is 1.39. The number of nitrogens with one attached hydrogen (secondary N) is 1. The van der Waals surface area contributed by atoms with Gasteiger partial charge in [-0.3, -0.25) is 14.5 Å². The first-order chi connectivity index (χ1) is 14.6. The fourth-order valence-corrected chi connectivity index (χ4v) is 4.08. The van der Waals surface area contributed by atoms with Crippen LogP contribution in [0.25, 0.3) is 0 Å². The van der Waals surface area contributed by atoms with Crippen molar-refractivity contribution in [3.63, 3.8) is 0 Å². The van der Waals surface area contributed by atoms with Crippen molar-refractivity contribution in [3.05, 3.63) is 58.6 Å². The molecule has 158 valence electrons. The number of halogens is 1. The molecule has 30 heavy (non-hydrogen) atoms. The Morgan fingerprint density at radius 3 is 2.53 bits per heavy atom. The molecule has 2 heterocycles. The summed E-state index contributed by atoms with van der Waals surface area (Å²) >= 11 is 6.13. The Bertz CT molecular complexity index is 925. The van der Waals surface area contributed by atoms with Crippen LogP contribution in [0.3, 0.4) is 0 Å². The molecular formula is C23H25ClN2O4. The van der Waals surface area contributed by atoms with E-state index in [1.165, 1.54) is 0 Å². The number of hydrogen-bond acceptors (Lipinski definition) is 5. The predicted molar refractivity (Wildman–Crippen MR) is 114 cm³/mol. The highest BCUT2D eigenvalue weighted by atomic mass is 35.5. The van der Waals surface area contributed by atoms with Gasteiger partial charge in [0.2, 0.25) is 5.91 Å². The Balaban J connectivity index is 1.25. The standard InChI is InChI=1S/C23H25ClN2O4/c24-19-4-2-1-3-18(19)14-25-22(27)15-26-9-7-16(8-10-26)23(28)17-5-6-20-21(13-17)30-12-11-29-20/h1-6,13,16H,7-12,14-15H2,(H,25,27). The van der Waals surface area contributed by atoms with Gasteiger partial charge in [0.1, 0.15) is 13.2 Å². The molecule has 7 heteroatoms. The van der Waals surface area contributed by atoms with Crippen LogP contribution in [-0.4, -0.2) is 49.4 Å². The Kier molecular flexibility index (Phi) is 6.55. The Morgan fingerprint density at radius 2 is 1.77 bits per heavy atom. The molecule has 1 amide bonds. The second-order valence-corrected chi connectivity index (χ2v) is 8.05. The lowest BCUT2D eigenvalue weighted by Gasteiger charge is -2.31. The van der Waals surface area contributed by atoms with Gasteiger partial charge in [0.15, 0.2) is 17.3 Å². The fourth-order valence-electron chi connectivity index (χ4n) is 3.88. The van der Waals surface area contributed by atoms with E-state index in [9.17, 15) is 9.59 Å². The molecule has 1 N–H and O–H groups in total. The monoisotopic (exact) mass is 428 g/mol. The van der Waals surface area contributed by atoms with Crippen molar-refractivity contribution < 1.29 is 19.1 Å². The quantitative estimate of drug-likeness (QED) is 0.715. The van der Waals surface area contributed by atoms with E-state index >= 15 is 0 Å². The maximum absolute atomic E-state index is 12.9. The van der Waals surface area contributed by atoms with E-state index in [-0.39, 0.29) is 17.6 Å². The number of carbonyl (C=O) groups is 2. The second kappa shape index (κ2) is 9.49. The molecule has 0 unspecified atom stereocenters. The number of Topliss-reactive ketones (excluding diaryl/α,β-unsaturated/α-hetero) is 1. The van der Waals surface area contributed by atoms with Crippen molar-refractivity contribution in [1.29, 1.82) is 0 Å². The lowest BCUT2D eigenvalue weighted by molar-refractivity contribution is -0.122. The van der Waals surface area contributed by atoms with Gasteiger partial charge in [-0.05, 0) is 55.8 Å². The maximum atomic E-state index is 12.9. The van der Waals surface area contributed by atoms with Gasteiger partial charge in [-0.25, -0.2) is 0 Å². The number of fused-ring (bicyclic) bond motifs is 1. The van der Waals surface area contributed by atoms with E-state index < -0.39 is 0 Å². The number of ketones is 1. The molecule has 0 saturated carbocycles. The zero-order valence-electron chi connectivity index (χ0n) is 16.7. The molecule has 1 fully saturated rings. The molecule has 2 aromatic carbocycles. The van der Waals surface area contributed by atoms with E-state index in [1.807, 2.05) is 30.3 Å². The maximum Gasteiger partial charge on any atom is 0.234 e. The largest absolute Gasteiger partial charge is 0.486 e. The van der Waals surface area contributed by atoms with Crippen LogP contribution in [-0.2, 0) is 11.3 Å². The summed E-state index contributed by atoms with van der Waals surface area (Å²) in [5.41, 5.74) is 1.56. The minimum atomic E-state index is -0.0356. The van der Waals surface area contributed by atoms with Gasteiger partial charge in [-0.1, -0.05) is 29.8 Å². The number of piperidine rings is 1. The number of hydrogen-bond donors (Lipinski definition) is 1.